The molecule has 0 unspecified atom stereocenters. The fourth-order valence-corrected chi connectivity index (χ4v) is 3.20. The topological polar surface area (TPSA) is 62.5 Å². The van der Waals surface area contributed by atoms with Gasteiger partial charge in [0.15, 0.2) is 17.2 Å². The summed E-state index contributed by atoms with van der Waals surface area (Å²) in [7, 11) is 0. The number of pyridine rings is 1. The fraction of sp³-hybridized carbons (Fsp3) is 0.100. The first kappa shape index (κ1) is 14.0. The van der Waals surface area contributed by atoms with Crippen molar-refractivity contribution < 1.29 is 4.42 Å². The molecule has 25 heavy (non-hydrogen) atoms. The number of benzene rings is 2. The van der Waals surface area contributed by atoms with Crippen LogP contribution >= 0.6 is 0 Å². The molecular formula is C20H16N4O. The third-order valence-corrected chi connectivity index (χ3v) is 4.40. The van der Waals surface area contributed by atoms with Crippen molar-refractivity contribution in [2.24, 2.45) is 4.99 Å². The van der Waals surface area contributed by atoms with E-state index in [9.17, 15) is 0 Å². The number of nitrogens with zero attached hydrogens (tertiary/aromatic N) is 2. The van der Waals surface area contributed by atoms with Crippen LogP contribution in [-0.4, -0.2) is 23.9 Å². The molecule has 1 aliphatic heterocycles. The van der Waals surface area contributed by atoms with Crippen LogP contribution in [0.1, 0.15) is 5.76 Å². The van der Waals surface area contributed by atoms with Gasteiger partial charge in [-0.1, -0.05) is 30.3 Å². The predicted octanol–water partition coefficient (Wildman–Crippen LogP) is 4.07. The van der Waals surface area contributed by atoms with Crippen LogP contribution in [0, 0.1) is 0 Å². The van der Waals surface area contributed by atoms with Gasteiger partial charge in [0, 0.05) is 23.8 Å². The zero-order valence-electron chi connectivity index (χ0n) is 13.5. The summed E-state index contributed by atoms with van der Waals surface area (Å²) in [5, 5.41) is 10.2. The minimum atomic E-state index is 0.730. The smallest absolute Gasteiger partial charge is 0.193 e. The molecule has 5 heteroatoms. The maximum absolute atomic E-state index is 6.02. The van der Waals surface area contributed by atoms with E-state index in [1.165, 1.54) is 10.8 Å². The van der Waals surface area contributed by atoms with Gasteiger partial charge in [-0.15, -0.1) is 0 Å². The second-order valence-corrected chi connectivity index (χ2v) is 6.02. The largest absolute Gasteiger partial charge is 0.449 e. The minimum Gasteiger partial charge on any atom is -0.449 e. The van der Waals surface area contributed by atoms with Crippen molar-refractivity contribution in [1.82, 2.24) is 10.3 Å². The first-order chi connectivity index (χ1) is 12.4. The summed E-state index contributed by atoms with van der Waals surface area (Å²) in [5.41, 5.74) is 2.68. The molecule has 0 fully saturated rings. The van der Waals surface area contributed by atoms with Gasteiger partial charge in [-0.3, -0.25) is 9.98 Å². The van der Waals surface area contributed by atoms with Crippen LogP contribution in [0.5, 0.6) is 0 Å². The number of hydrogen-bond acceptors (Lipinski definition) is 5. The molecule has 5 nitrogen and oxygen atoms in total. The van der Waals surface area contributed by atoms with E-state index in [1.54, 1.807) is 12.4 Å². The monoisotopic (exact) mass is 328 g/mol. The summed E-state index contributed by atoms with van der Waals surface area (Å²) in [6.45, 7) is 1.60. The van der Waals surface area contributed by atoms with Crippen LogP contribution in [0.2, 0.25) is 0 Å². The van der Waals surface area contributed by atoms with E-state index in [2.05, 4.69) is 50.9 Å². The molecule has 0 radical (unpaired) electrons. The highest BCUT2D eigenvalue weighted by molar-refractivity contribution is 6.10. The lowest BCUT2D eigenvalue weighted by molar-refractivity contribution is 0.602. The molecule has 4 aromatic rings. The van der Waals surface area contributed by atoms with Gasteiger partial charge in [0.05, 0.1) is 18.4 Å². The van der Waals surface area contributed by atoms with Crippen LogP contribution < -0.4 is 10.6 Å². The molecular weight excluding hydrogens is 312 g/mol. The van der Waals surface area contributed by atoms with Crippen LogP contribution in [0.25, 0.3) is 21.7 Å². The van der Waals surface area contributed by atoms with E-state index in [4.69, 9.17) is 4.42 Å². The number of aliphatic imine (C=N–C) groups is 1. The van der Waals surface area contributed by atoms with Crippen LogP contribution in [-0.2, 0) is 0 Å². The minimum absolute atomic E-state index is 0.730. The maximum atomic E-state index is 6.02. The quantitative estimate of drug-likeness (QED) is 0.595. The van der Waals surface area contributed by atoms with E-state index < -0.39 is 0 Å². The molecule has 0 amide bonds. The standard InChI is InChI=1S/C20H16N4O/c1-2-4-14-11-15(6-5-13(14)3-1)24-18-16-7-8-21-12-17(16)25-19(18)20-22-9-10-23-20/h1-8,11-12,24H,9-10H2,(H,22,23). The third kappa shape index (κ3) is 2.41. The van der Waals surface area contributed by atoms with Crippen molar-refractivity contribution in [2.45, 2.75) is 0 Å². The molecule has 2 N–H and O–H groups in total. The lowest BCUT2D eigenvalue weighted by Crippen LogP contribution is -2.19. The van der Waals surface area contributed by atoms with Crippen molar-refractivity contribution in [3.63, 3.8) is 0 Å². The summed E-state index contributed by atoms with van der Waals surface area (Å²) in [5.74, 6) is 1.52. The molecule has 0 saturated carbocycles. The van der Waals surface area contributed by atoms with E-state index in [1.807, 2.05) is 18.2 Å². The first-order valence-corrected chi connectivity index (χ1v) is 8.29. The van der Waals surface area contributed by atoms with Gasteiger partial charge in [-0.25, -0.2) is 0 Å². The third-order valence-electron chi connectivity index (χ3n) is 4.40. The van der Waals surface area contributed by atoms with E-state index >= 15 is 0 Å². The Morgan fingerprint density at radius 3 is 2.84 bits per heavy atom. The van der Waals surface area contributed by atoms with Gasteiger partial charge in [-0.2, -0.15) is 0 Å². The zero-order chi connectivity index (χ0) is 16.6. The van der Waals surface area contributed by atoms with Crippen molar-refractivity contribution in [3.05, 3.63) is 66.7 Å². The highest BCUT2D eigenvalue weighted by Gasteiger charge is 2.21. The average Bonchev–Trinajstić information content (AvgIpc) is 3.30. The Hall–Kier alpha value is -3.34. The molecule has 2 aromatic carbocycles. The number of anilines is 2. The van der Waals surface area contributed by atoms with Gasteiger partial charge >= 0.3 is 0 Å². The Morgan fingerprint density at radius 1 is 1.04 bits per heavy atom. The number of amidine groups is 1. The lowest BCUT2D eigenvalue weighted by atomic mass is 10.1. The van der Waals surface area contributed by atoms with Crippen molar-refractivity contribution in [1.29, 1.82) is 0 Å². The summed E-state index contributed by atoms with van der Waals surface area (Å²) >= 11 is 0. The van der Waals surface area contributed by atoms with Gasteiger partial charge in [0.1, 0.15) is 0 Å². The van der Waals surface area contributed by atoms with Crippen LogP contribution in [0.15, 0.2) is 70.3 Å². The van der Waals surface area contributed by atoms with Gasteiger partial charge in [-0.05, 0) is 29.0 Å². The van der Waals surface area contributed by atoms with Gasteiger partial charge in [0.2, 0.25) is 0 Å². The molecule has 2 aromatic heterocycles. The summed E-state index contributed by atoms with van der Waals surface area (Å²) in [4.78, 5) is 8.66. The summed E-state index contributed by atoms with van der Waals surface area (Å²) < 4.78 is 6.02. The normalized spacial score (nSPS) is 13.8. The van der Waals surface area contributed by atoms with Crippen molar-refractivity contribution in [2.75, 3.05) is 18.4 Å². The Kier molecular flexibility index (Phi) is 3.16. The molecule has 3 heterocycles. The number of nitrogens with one attached hydrogen (secondary N) is 2. The predicted molar refractivity (Wildman–Crippen MR) is 101 cm³/mol. The Morgan fingerprint density at radius 2 is 1.96 bits per heavy atom. The highest BCUT2D eigenvalue weighted by atomic mass is 16.3. The Bertz CT molecular complexity index is 1110. The fourth-order valence-electron chi connectivity index (χ4n) is 3.20. The number of aromatic nitrogens is 1. The molecule has 1 aliphatic rings. The van der Waals surface area contributed by atoms with Crippen molar-refractivity contribution >= 4 is 39.0 Å². The number of rotatable bonds is 3. The van der Waals surface area contributed by atoms with Crippen LogP contribution in [0.3, 0.4) is 0 Å². The molecule has 0 aliphatic carbocycles. The molecule has 0 atom stereocenters. The van der Waals surface area contributed by atoms with E-state index in [0.717, 1.165) is 47.0 Å². The molecule has 122 valence electrons. The molecule has 0 spiro atoms. The molecule has 5 rings (SSSR count). The Balaban J connectivity index is 1.64. The first-order valence-electron chi connectivity index (χ1n) is 8.29. The molecule has 0 bridgehead atoms. The summed E-state index contributed by atoms with van der Waals surface area (Å²) in [6, 6.07) is 16.6. The lowest BCUT2D eigenvalue weighted by Gasteiger charge is -2.09. The summed E-state index contributed by atoms with van der Waals surface area (Å²) in [6.07, 6.45) is 3.51. The second-order valence-electron chi connectivity index (χ2n) is 6.02. The second kappa shape index (κ2) is 5.63. The average molecular weight is 328 g/mol. The van der Waals surface area contributed by atoms with Gasteiger partial charge in [0.25, 0.3) is 0 Å². The maximum Gasteiger partial charge on any atom is 0.193 e. The molecule has 0 saturated heterocycles. The van der Waals surface area contributed by atoms with Crippen LogP contribution in [0.4, 0.5) is 11.4 Å². The number of fused-ring (bicyclic) bond motifs is 2. The highest BCUT2D eigenvalue weighted by Crippen LogP contribution is 2.34. The Labute approximate surface area is 144 Å². The van der Waals surface area contributed by atoms with Gasteiger partial charge < -0.3 is 15.1 Å². The SMILES string of the molecule is c1ccc2cc(Nc3c(C4=NCCN4)oc4cnccc34)ccc2c1. The number of hydrogen-bond donors (Lipinski definition) is 2. The number of furan rings is 1. The zero-order valence-corrected chi connectivity index (χ0v) is 13.5. The van der Waals surface area contributed by atoms with E-state index in [-0.39, 0.29) is 0 Å². The van der Waals surface area contributed by atoms with Crippen molar-refractivity contribution in [3.8, 4) is 0 Å². The van der Waals surface area contributed by atoms with E-state index in [0.29, 0.717) is 0 Å².